The molecule has 1 fully saturated rings. The van der Waals surface area contributed by atoms with E-state index >= 15 is 0 Å². The van der Waals surface area contributed by atoms with E-state index in [4.69, 9.17) is 4.74 Å². The third-order valence-corrected chi connectivity index (χ3v) is 3.00. The van der Waals surface area contributed by atoms with Crippen LogP contribution in [0.2, 0.25) is 0 Å². The van der Waals surface area contributed by atoms with Gasteiger partial charge in [0, 0.05) is 26.3 Å². The summed E-state index contributed by atoms with van der Waals surface area (Å²) in [5, 5.41) is 3.49. The molecule has 0 radical (unpaired) electrons. The number of nitrogens with one attached hydrogen (secondary N) is 1. The van der Waals surface area contributed by atoms with E-state index in [-0.39, 0.29) is 0 Å². The molecule has 0 aromatic heterocycles. The van der Waals surface area contributed by atoms with Crippen molar-refractivity contribution in [2.45, 2.75) is 33.1 Å². The second-order valence-electron chi connectivity index (χ2n) is 4.93. The van der Waals surface area contributed by atoms with Gasteiger partial charge in [-0.25, -0.2) is 0 Å². The monoisotopic (exact) mass is 228 g/mol. The fourth-order valence-electron chi connectivity index (χ4n) is 2.21. The summed E-state index contributed by atoms with van der Waals surface area (Å²) in [4.78, 5) is 2.60. The van der Waals surface area contributed by atoms with E-state index in [1.165, 1.54) is 45.6 Å². The van der Waals surface area contributed by atoms with Crippen molar-refractivity contribution in [1.29, 1.82) is 0 Å². The summed E-state index contributed by atoms with van der Waals surface area (Å²) in [5.74, 6) is 0.775. The summed E-state index contributed by atoms with van der Waals surface area (Å²) in [7, 11) is 0. The Hall–Kier alpha value is -0.120. The summed E-state index contributed by atoms with van der Waals surface area (Å²) in [6.45, 7) is 12.4. The molecule has 3 heteroatoms. The summed E-state index contributed by atoms with van der Waals surface area (Å²) in [6.07, 6.45) is 3.59. The first-order valence-corrected chi connectivity index (χ1v) is 6.83. The number of hydrogen-bond acceptors (Lipinski definition) is 3. The minimum Gasteiger partial charge on any atom is -0.381 e. The van der Waals surface area contributed by atoms with E-state index in [9.17, 15) is 0 Å². The van der Waals surface area contributed by atoms with Crippen LogP contribution in [0.5, 0.6) is 0 Å². The molecule has 0 amide bonds. The van der Waals surface area contributed by atoms with Gasteiger partial charge in [0.25, 0.3) is 0 Å². The molecule has 0 aromatic rings. The van der Waals surface area contributed by atoms with Gasteiger partial charge >= 0.3 is 0 Å². The quantitative estimate of drug-likeness (QED) is 0.701. The Morgan fingerprint density at radius 2 is 2.25 bits per heavy atom. The lowest BCUT2D eigenvalue weighted by Crippen LogP contribution is -2.39. The SMILES string of the molecule is CCCOCCCN1CCCNCC(C)C1. The van der Waals surface area contributed by atoms with Gasteiger partial charge in [0.05, 0.1) is 0 Å². The van der Waals surface area contributed by atoms with E-state index in [1.54, 1.807) is 0 Å². The maximum absolute atomic E-state index is 5.52. The normalized spacial score (nSPS) is 24.0. The highest BCUT2D eigenvalue weighted by atomic mass is 16.5. The molecule has 0 spiro atoms. The molecule has 1 saturated heterocycles. The Bertz CT molecular complexity index is 164. The average Bonchev–Trinajstić information content (AvgIpc) is 2.24. The third kappa shape index (κ3) is 6.46. The van der Waals surface area contributed by atoms with E-state index in [1.807, 2.05) is 0 Å². The lowest BCUT2D eigenvalue weighted by molar-refractivity contribution is 0.116. The number of ether oxygens (including phenoxy) is 1. The molecule has 1 unspecified atom stereocenters. The first kappa shape index (κ1) is 13.9. The zero-order chi connectivity index (χ0) is 11.6. The number of hydrogen-bond donors (Lipinski definition) is 1. The molecule has 0 aromatic carbocycles. The minimum absolute atomic E-state index is 0.775. The van der Waals surface area contributed by atoms with E-state index in [0.717, 1.165) is 25.6 Å². The smallest absolute Gasteiger partial charge is 0.0478 e. The van der Waals surface area contributed by atoms with Crippen molar-refractivity contribution in [3.05, 3.63) is 0 Å². The van der Waals surface area contributed by atoms with Gasteiger partial charge in [0.2, 0.25) is 0 Å². The predicted octanol–water partition coefficient (Wildman–Crippen LogP) is 1.73. The van der Waals surface area contributed by atoms with Gasteiger partial charge in [-0.15, -0.1) is 0 Å². The summed E-state index contributed by atoms with van der Waals surface area (Å²) >= 11 is 0. The van der Waals surface area contributed by atoms with Crippen molar-refractivity contribution in [1.82, 2.24) is 10.2 Å². The Balaban J connectivity index is 2.08. The molecule has 1 atom stereocenters. The van der Waals surface area contributed by atoms with Crippen molar-refractivity contribution >= 4 is 0 Å². The van der Waals surface area contributed by atoms with Crippen molar-refractivity contribution in [3.63, 3.8) is 0 Å². The van der Waals surface area contributed by atoms with Crippen molar-refractivity contribution in [3.8, 4) is 0 Å². The van der Waals surface area contributed by atoms with Crippen molar-refractivity contribution < 1.29 is 4.74 Å². The fourth-order valence-corrected chi connectivity index (χ4v) is 2.21. The summed E-state index contributed by atoms with van der Waals surface area (Å²) in [6, 6.07) is 0. The first-order valence-electron chi connectivity index (χ1n) is 6.83. The predicted molar refractivity (Wildman–Crippen MR) is 68.8 cm³/mol. The largest absolute Gasteiger partial charge is 0.381 e. The molecule has 3 nitrogen and oxygen atoms in total. The van der Waals surface area contributed by atoms with Crippen LogP contribution in [0.1, 0.15) is 33.1 Å². The molecule has 0 aliphatic carbocycles. The van der Waals surface area contributed by atoms with Crippen LogP contribution < -0.4 is 5.32 Å². The lowest BCUT2D eigenvalue weighted by atomic mass is 10.1. The van der Waals surface area contributed by atoms with Gasteiger partial charge < -0.3 is 15.0 Å². The molecule has 16 heavy (non-hydrogen) atoms. The topological polar surface area (TPSA) is 24.5 Å². The summed E-state index contributed by atoms with van der Waals surface area (Å²) in [5.41, 5.74) is 0. The maximum atomic E-state index is 5.52. The van der Waals surface area contributed by atoms with Crippen LogP contribution in [0.15, 0.2) is 0 Å². The second-order valence-corrected chi connectivity index (χ2v) is 4.93. The Kier molecular flexibility index (Phi) is 7.81. The van der Waals surface area contributed by atoms with Gasteiger partial charge in [-0.2, -0.15) is 0 Å². The lowest BCUT2D eigenvalue weighted by Gasteiger charge is -2.28. The highest BCUT2D eigenvalue weighted by molar-refractivity contribution is 4.69. The number of nitrogens with zero attached hydrogens (tertiary/aromatic N) is 1. The van der Waals surface area contributed by atoms with Crippen LogP contribution in [-0.2, 0) is 4.74 Å². The van der Waals surface area contributed by atoms with Gasteiger partial charge in [-0.1, -0.05) is 13.8 Å². The third-order valence-electron chi connectivity index (χ3n) is 3.00. The standard InChI is InChI=1S/C13H28N2O/c1-3-9-16-10-5-8-15-7-4-6-14-11-13(2)12-15/h13-14H,3-12H2,1-2H3. The Morgan fingerprint density at radius 3 is 3.06 bits per heavy atom. The molecule has 1 heterocycles. The van der Waals surface area contributed by atoms with Gasteiger partial charge in [0.15, 0.2) is 0 Å². The highest BCUT2D eigenvalue weighted by Gasteiger charge is 2.12. The second kappa shape index (κ2) is 8.97. The van der Waals surface area contributed by atoms with Crippen LogP contribution >= 0.6 is 0 Å². The first-order chi connectivity index (χ1) is 7.83. The van der Waals surface area contributed by atoms with Crippen LogP contribution in [-0.4, -0.2) is 50.8 Å². The fraction of sp³-hybridized carbons (Fsp3) is 1.00. The van der Waals surface area contributed by atoms with Crippen molar-refractivity contribution in [2.24, 2.45) is 5.92 Å². The van der Waals surface area contributed by atoms with E-state index < -0.39 is 0 Å². The zero-order valence-electron chi connectivity index (χ0n) is 11.0. The summed E-state index contributed by atoms with van der Waals surface area (Å²) < 4.78 is 5.52. The molecule has 0 bridgehead atoms. The highest BCUT2D eigenvalue weighted by Crippen LogP contribution is 2.04. The van der Waals surface area contributed by atoms with Crippen molar-refractivity contribution in [2.75, 3.05) is 45.9 Å². The molecule has 1 N–H and O–H groups in total. The zero-order valence-corrected chi connectivity index (χ0v) is 11.0. The van der Waals surface area contributed by atoms with Crippen LogP contribution in [0, 0.1) is 5.92 Å². The van der Waals surface area contributed by atoms with Gasteiger partial charge in [-0.3, -0.25) is 0 Å². The molecule has 1 rings (SSSR count). The number of rotatable bonds is 6. The van der Waals surface area contributed by atoms with Gasteiger partial charge in [0.1, 0.15) is 0 Å². The molecule has 0 saturated carbocycles. The maximum Gasteiger partial charge on any atom is 0.0478 e. The van der Waals surface area contributed by atoms with E-state index in [0.29, 0.717) is 0 Å². The molecular weight excluding hydrogens is 200 g/mol. The van der Waals surface area contributed by atoms with E-state index in [2.05, 4.69) is 24.1 Å². The Morgan fingerprint density at radius 1 is 1.38 bits per heavy atom. The van der Waals surface area contributed by atoms with Crippen LogP contribution in [0.3, 0.4) is 0 Å². The molecule has 96 valence electrons. The average molecular weight is 228 g/mol. The minimum atomic E-state index is 0.775. The van der Waals surface area contributed by atoms with Crippen LogP contribution in [0.4, 0.5) is 0 Å². The van der Waals surface area contributed by atoms with Crippen LogP contribution in [0.25, 0.3) is 0 Å². The Labute approximate surface area is 101 Å². The molecule has 1 aliphatic rings. The molecule has 1 aliphatic heterocycles. The van der Waals surface area contributed by atoms with Gasteiger partial charge in [-0.05, 0) is 44.8 Å². The molecular formula is C13H28N2O.